The fraction of sp³-hybridized carbons (Fsp3) is 0.722. The fourth-order valence-corrected chi connectivity index (χ4v) is 8.62. The first-order valence-corrected chi connectivity index (χ1v) is 17.3. The average molecular weight is 608 g/mol. The molecule has 3 saturated carbocycles. The standard InChI is InChI=1S/C36H53N3O5/c1-24-8-19-33(35(40)37-24)39-23-27-20-30(17-18-31(27)36(39)41)44-34-7-5-4-6-32(34)38(21-25-9-13-28(42-2)14-10-25)22-26-11-15-29(43-3)16-12-26/h17-18,20,25-26,28-29,32-34H,1,4-16,19,21-23H2,2-3H3,(H,37,40)/t25?,26?,28?,29?,32-,33?,34-/m1/s1. The third kappa shape index (κ3) is 7.18. The first-order chi connectivity index (χ1) is 21.4. The lowest BCUT2D eigenvalue weighted by Crippen LogP contribution is -2.51. The second-order valence-electron chi connectivity index (χ2n) is 14.1. The van der Waals surface area contributed by atoms with E-state index in [1.54, 1.807) is 4.90 Å². The number of rotatable bonds is 10. The van der Waals surface area contributed by atoms with Gasteiger partial charge in [-0.15, -0.1) is 0 Å². The number of ether oxygens (including phenoxy) is 3. The van der Waals surface area contributed by atoms with Gasteiger partial charge in [-0.05, 0) is 119 Å². The number of carbonyl (C=O) groups is 2. The maximum atomic E-state index is 13.3. The zero-order valence-electron chi connectivity index (χ0n) is 26.9. The highest BCUT2D eigenvalue weighted by Crippen LogP contribution is 2.36. The summed E-state index contributed by atoms with van der Waals surface area (Å²) in [5.74, 6) is 2.08. The third-order valence-electron chi connectivity index (χ3n) is 11.3. The van der Waals surface area contributed by atoms with E-state index in [1.807, 2.05) is 26.4 Å². The highest BCUT2D eigenvalue weighted by Gasteiger charge is 2.39. The molecule has 44 heavy (non-hydrogen) atoms. The summed E-state index contributed by atoms with van der Waals surface area (Å²) >= 11 is 0. The Morgan fingerprint density at radius 1 is 0.864 bits per heavy atom. The molecule has 2 heterocycles. The van der Waals surface area contributed by atoms with Gasteiger partial charge in [0.05, 0.1) is 12.2 Å². The van der Waals surface area contributed by atoms with E-state index in [2.05, 4.69) is 22.9 Å². The second kappa shape index (κ2) is 14.3. The van der Waals surface area contributed by atoms with Crippen molar-refractivity contribution in [3.05, 3.63) is 41.6 Å². The predicted molar refractivity (Wildman–Crippen MR) is 170 cm³/mol. The Labute approximate surface area is 263 Å². The number of nitrogens with one attached hydrogen (secondary N) is 1. The molecule has 6 rings (SSSR count). The molecule has 0 radical (unpaired) electrons. The van der Waals surface area contributed by atoms with Crippen molar-refractivity contribution in [3.63, 3.8) is 0 Å². The first-order valence-electron chi connectivity index (χ1n) is 17.3. The van der Waals surface area contributed by atoms with Crippen LogP contribution in [0, 0.1) is 11.8 Å². The summed E-state index contributed by atoms with van der Waals surface area (Å²) in [4.78, 5) is 30.5. The number of carbonyl (C=O) groups excluding carboxylic acids is 2. The van der Waals surface area contributed by atoms with Crippen molar-refractivity contribution in [2.75, 3.05) is 27.3 Å². The molecule has 1 N–H and O–H groups in total. The lowest BCUT2D eigenvalue weighted by molar-refractivity contribution is -0.126. The normalized spacial score (nSPS) is 32.9. The lowest BCUT2D eigenvalue weighted by atomic mass is 9.83. The first kappa shape index (κ1) is 31.6. The summed E-state index contributed by atoms with van der Waals surface area (Å²) in [6.45, 7) is 6.63. The van der Waals surface area contributed by atoms with Gasteiger partial charge in [0.1, 0.15) is 17.9 Å². The van der Waals surface area contributed by atoms with Gasteiger partial charge in [-0.3, -0.25) is 14.5 Å². The smallest absolute Gasteiger partial charge is 0.255 e. The van der Waals surface area contributed by atoms with E-state index < -0.39 is 6.04 Å². The largest absolute Gasteiger partial charge is 0.489 e. The van der Waals surface area contributed by atoms with Crippen LogP contribution in [0.1, 0.15) is 106 Å². The Hall–Kier alpha value is -2.42. The fourth-order valence-electron chi connectivity index (χ4n) is 8.62. The van der Waals surface area contributed by atoms with Gasteiger partial charge in [0.15, 0.2) is 0 Å². The molecule has 3 atom stereocenters. The van der Waals surface area contributed by atoms with E-state index in [0.29, 0.717) is 55.0 Å². The maximum absolute atomic E-state index is 13.3. The Morgan fingerprint density at radius 2 is 1.50 bits per heavy atom. The number of hydrogen-bond acceptors (Lipinski definition) is 6. The van der Waals surface area contributed by atoms with Crippen LogP contribution in [0.3, 0.4) is 0 Å². The van der Waals surface area contributed by atoms with Gasteiger partial charge in [0, 0.05) is 51.2 Å². The molecule has 0 aromatic heterocycles. The number of nitrogens with zero attached hydrogens (tertiary/aromatic N) is 2. The van der Waals surface area contributed by atoms with Crippen LogP contribution < -0.4 is 10.1 Å². The van der Waals surface area contributed by atoms with E-state index in [0.717, 1.165) is 36.5 Å². The van der Waals surface area contributed by atoms with Gasteiger partial charge < -0.3 is 24.4 Å². The van der Waals surface area contributed by atoms with Crippen molar-refractivity contribution in [1.29, 1.82) is 0 Å². The minimum atomic E-state index is -0.445. The quantitative estimate of drug-likeness (QED) is 0.360. The molecule has 8 nitrogen and oxygen atoms in total. The summed E-state index contributed by atoms with van der Waals surface area (Å²) in [5.41, 5.74) is 2.38. The third-order valence-corrected chi connectivity index (χ3v) is 11.3. The molecule has 1 aromatic rings. The number of allylic oxidation sites excluding steroid dienone is 1. The van der Waals surface area contributed by atoms with Crippen LogP contribution >= 0.6 is 0 Å². The van der Waals surface area contributed by atoms with E-state index in [4.69, 9.17) is 14.2 Å². The molecule has 5 aliphatic rings. The number of methoxy groups -OCH3 is 2. The van der Waals surface area contributed by atoms with Crippen molar-refractivity contribution in [1.82, 2.24) is 15.1 Å². The summed E-state index contributed by atoms with van der Waals surface area (Å²) in [6, 6.07) is 5.89. The van der Waals surface area contributed by atoms with Crippen molar-refractivity contribution >= 4 is 11.8 Å². The van der Waals surface area contributed by atoms with Crippen LogP contribution in [0.5, 0.6) is 5.75 Å². The van der Waals surface area contributed by atoms with Crippen molar-refractivity contribution < 1.29 is 23.8 Å². The Kier molecular flexibility index (Phi) is 10.3. The average Bonchev–Trinajstić information content (AvgIpc) is 3.36. The van der Waals surface area contributed by atoms with Gasteiger partial charge in [-0.2, -0.15) is 0 Å². The summed E-state index contributed by atoms with van der Waals surface area (Å²) in [7, 11) is 3.71. The van der Waals surface area contributed by atoms with Crippen LogP contribution in [-0.2, 0) is 20.8 Å². The van der Waals surface area contributed by atoms with E-state index in [-0.39, 0.29) is 17.9 Å². The number of hydrogen-bond donors (Lipinski definition) is 1. The van der Waals surface area contributed by atoms with Gasteiger partial charge in [0.2, 0.25) is 5.91 Å². The molecule has 3 aliphatic carbocycles. The van der Waals surface area contributed by atoms with Gasteiger partial charge >= 0.3 is 0 Å². The molecule has 0 bridgehead atoms. The molecule has 4 fully saturated rings. The van der Waals surface area contributed by atoms with Crippen LogP contribution in [0.4, 0.5) is 0 Å². The molecule has 1 saturated heterocycles. The van der Waals surface area contributed by atoms with Crippen molar-refractivity contribution in [3.8, 4) is 5.75 Å². The summed E-state index contributed by atoms with van der Waals surface area (Å²) in [5, 5.41) is 2.83. The molecule has 1 aromatic carbocycles. The van der Waals surface area contributed by atoms with E-state index >= 15 is 0 Å². The molecule has 2 amide bonds. The second-order valence-corrected chi connectivity index (χ2v) is 14.1. The Bertz CT molecular complexity index is 1150. The topological polar surface area (TPSA) is 80.3 Å². The Morgan fingerprint density at radius 3 is 2.11 bits per heavy atom. The minimum absolute atomic E-state index is 0.0627. The molecule has 8 heteroatoms. The van der Waals surface area contributed by atoms with Gasteiger partial charge in [-0.25, -0.2) is 0 Å². The highest BCUT2D eigenvalue weighted by molar-refractivity contribution is 6.01. The SMILES string of the molecule is C=C1CCC(N2Cc3cc(O[C@@H]4CCCC[C@H]4N(CC4CCC(OC)CC4)CC4CCC(OC)CC4)ccc3C2=O)C(=O)N1. The monoisotopic (exact) mass is 607 g/mol. The summed E-state index contributed by atoms with van der Waals surface area (Å²) < 4.78 is 18.2. The molecule has 2 aliphatic heterocycles. The highest BCUT2D eigenvalue weighted by atomic mass is 16.5. The molecular weight excluding hydrogens is 554 g/mol. The minimum Gasteiger partial charge on any atom is -0.489 e. The molecular formula is C36H53N3O5. The zero-order chi connectivity index (χ0) is 30.6. The number of fused-ring (bicyclic) bond motifs is 1. The van der Waals surface area contributed by atoms with Crippen LogP contribution in [-0.4, -0.2) is 79.3 Å². The van der Waals surface area contributed by atoms with E-state index in [1.165, 1.54) is 70.6 Å². The van der Waals surface area contributed by atoms with Crippen LogP contribution in [0.15, 0.2) is 30.5 Å². The molecule has 242 valence electrons. The van der Waals surface area contributed by atoms with Crippen LogP contribution in [0.25, 0.3) is 0 Å². The number of piperidine rings is 1. The van der Waals surface area contributed by atoms with E-state index in [9.17, 15) is 9.59 Å². The number of amides is 2. The lowest BCUT2D eigenvalue weighted by Gasteiger charge is -2.44. The molecule has 0 spiro atoms. The summed E-state index contributed by atoms with van der Waals surface area (Å²) in [6.07, 6.45) is 16.6. The van der Waals surface area contributed by atoms with Gasteiger partial charge in [-0.1, -0.05) is 13.0 Å². The maximum Gasteiger partial charge on any atom is 0.255 e. The molecule has 1 unspecified atom stereocenters. The predicted octanol–water partition coefficient (Wildman–Crippen LogP) is 5.84. The van der Waals surface area contributed by atoms with Crippen molar-refractivity contribution in [2.45, 2.75) is 127 Å². The van der Waals surface area contributed by atoms with Gasteiger partial charge in [0.25, 0.3) is 5.91 Å². The Balaban J connectivity index is 1.15. The zero-order valence-corrected chi connectivity index (χ0v) is 26.9. The van der Waals surface area contributed by atoms with Crippen molar-refractivity contribution in [2.24, 2.45) is 11.8 Å². The van der Waals surface area contributed by atoms with Crippen LogP contribution in [0.2, 0.25) is 0 Å². The number of benzene rings is 1.